The number of thioether (sulfide) groups is 1. The van der Waals surface area contributed by atoms with Crippen LogP contribution in [0.2, 0.25) is 5.02 Å². The van der Waals surface area contributed by atoms with Crippen molar-refractivity contribution in [2.45, 2.75) is 38.3 Å². The number of benzene rings is 1. The first-order chi connectivity index (χ1) is 8.24. The minimum absolute atomic E-state index is 0.546. The van der Waals surface area contributed by atoms with Crippen LogP contribution in [-0.4, -0.2) is 23.6 Å². The van der Waals surface area contributed by atoms with Gasteiger partial charge in [-0.15, -0.1) is 0 Å². The second-order valence-electron chi connectivity index (χ2n) is 4.78. The third-order valence-electron chi connectivity index (χ3n) is 3.20. The highest BCUT2D eigenvalue weighted by molar-refractivity contribution is 7.99. The van der Waals surface area contributed by atoms with Gasteiger partial charge in [0, 0.05) is 17.1 Å². The van der Waals surface area contributed by atoms with Gasteiger partial charge in [0.1, 0.15) is 0 Å². The molecule has 1 aliphatic rings. The molecule has 1 nitrogen and oxygen atoms in total. The topological polar surface area (TPSA) is 12.0 Å². The Bertz CT molecular complexity index is 333. The summed E-state index contributed by atoms with van der Waals surface area (Å²) in [6, 6.07) is 9.46. The van der Waals surface area contributed by atoms with Crippen LogP contribution in [0.3, 0.4) is 0 Å². The van der Waals surface area contributed by atoms with Gasteiger partial charge >= 0.3 is 0 Å². The van der Waals surface area contributed by atoms with Crippen molar-refractivity contribution in [1.82, 2.24) is 5.32 Å². The highest BCUT2D eigenvalue weighted by atomic mass is 35.5. The molecule has 0 aliphatic carbocycles. The van der Waals surface area contributed by atoms with Gasteiger partial charge in [0.05, 0.1) is 0 Å². The first-order valence-corrected chi connectivity index (χ1v) is 7.85. The Balaban J connectivity index is 1.79. The fourth-order valence-electron chi connectivity index (χ4n) is 2.30. The maximum absolute atomic E-state index is 5.89. The number of hydrogen-bond donors (Lipinski definition) is 1. The Hall–Kier alpha value is -0.180. The standard InChI is InChI=1S/C14H20ClNS/c1-11(16-14-6-8-17-9-7-14)10-12-2-4-13(15)5-3-12/h2-5,11,14,16H,6-10H2,1H3. The number of hydrogen-bond acceptors (Lipinski definition) is 2. The molecule has 2 rings (SSSR count). The molecule has 1 aliphatic heterocycles. The Labute approximate surface area is 113 Å². The number of rotatable bonds is 4. The maximum Gasteiger partial charge on any atom is 0.0406 e. The molecule has 1 aromatic carbocycles. The maximum atomic E-state index is 5.89. The lowest BCUT2D eigenvalue weighted by Gasteiger charge is -2.26. The molecule has 1 atom stereocenters. The summed E-state index contributed by atoms with van der Waals surface area (Å²) in [6.07, 6.45) is 3.71. The molecule has 1 heterocycles. The smallest absolute Gasteiger partial charge is 0.0406 e. The van der Waals surface area contributed by atoms with E-state index < -0.39 is 0 Å². The second-order valence-corrected chi connectivity index (χ2v) is 6.45. The zero-order valence-electron chi connectivity index (χ0n) is 10.3. The lowest BCUT2D eigenvalue weighted by Crippen LogP contribution is -2.39. The van der Waals surface area contributed by atoms with Crippen LogP contribution in [0.25, 0.3) is 0 Å². The van der Waals surface area contributed by atoms with E-state index in [-0.39, 0.29) is 0 Å². The molecular formula is C14H20ClNS. The van der Waals surface area contributed by atoms with E-state index >= 15 is 0 Å². The predicted molar refractivity (Wildman–Crippen MR) is 78.1 cm³/mol. The zero-order chi connectivity index (χ0) is 12.1. The quantitative estimate of drug-likeness (QED) is 0.893. The summed E-state index contributed by atoms with van der Waals surface area (Å²) in [5, 5.41) is 4.55. The fourth-order valence-corrected chi connectivity index (χ4v) is 3.53. The van der Waals surface area contributed by atoms with Crippen LogP contribution in [0.1, 0.15) is 25.3 Å². The number of nitrogens with one attached hydrogen (secondary N) is 1. The van der Waals surface area contributed by atoms with Crippen LogP contribution in [0, 0.1) is 0 Å². The third kappa shape index (κ3) is 4.53. The van der Waals surface area contributed by atoms with E-state index in [4.69, 9.17) is 11.6 Å². The normalized spacial score (nSPS) is 19.2. The molecule has 1 unspecified atom stereocenters. The van der Waals surface area contributed by atoms with Crippen molar-refractivity contribution in [3.63, 3.8) is 0 Å². The van der Waals surface area contributed by atoms with Crippen molar-refractivity contribution >= 4 is 23.4 Å². The molecule has 3 heteroatoms. The molecule has 0 spiro atoms. The van der Waals surface area contributed by atoms with E-state index in [1.807, 2.05) is 12.1 Å². The fraction of sp³-hybridized carbons (Fsp3) is 0.571. The first kappa shape index (κ1) is 13.3. The van der Waals surface area contributed by atoms with Crippen LogP contribution in [0.4, 0.5) is 0 Å². The van der Waals surface area contributed by atoms with Crippen molar-refractivity contribution in [2.75, 3.05) is 11.5 Å². The third-order valence-corrected chi connectivity index (χ3v) is 4.50. The van der Waals surface area contributed by atoms with Crippen LogP contribution >= 0.6 is 23.4 Å². The van der Waals surface area contributed by atoms with Crippen LogP contribution in [0.5, 0.6) is 0 Å². The van der Waals surface area contributed by atoms with E-state index in [9.17, 15) is 0 Å². The molecule has 0 amide bonds. The molecule has 1 saturated heterocycles. The van der Waals surface area contributed by atoms with Gasteiger partial charge in [0.2, 0.25) is 0 Å². The molecule has 94 valence electrons. The monoisotopic (exact) mass is 269 g/mol. The predicted octanol–water partition coefficient (Wildman–Crippen LogP) is 3.76. The van der Waals surface area contributed by atoms with Gasteiger partial charge in [0.25, 0.3) is 0 Å². The van der Waals surface area contributed by atoms with Gasteiger partial charge in [-0.1, -0.05) is 23.7 Å². The minimum Gasteiger partial charge on any atom is -0.311 e. The average molecular weight is 270 g/mol. The molecule has 0 aromatic heterocycles. The van der Waals surface area contributed by atoms with Crippen molar-refractivity contribution in [3.8, 4) is 0 Å². The Morgan fingerprint density at radius 1 is 1.29 bits per heavy atom. The Morgan fingerprint density at radius 3 is 2.59 bits per heavy atom. The average Bonchev–Trinajstić information content (AvgIpc) is 2.33. The summed E-state index contributed by atoms with van der Waals surface area (Å²) in [6.45, 7) is 2.27. The molecule has 0 radical (unpaired) electrons. The molecule has 0 saturated carbocycles. The molecule has 0 bridgehead atoms. The highest BCUT2D eigenvalue weighted by Crippen LogP contribution is 2.18. The van der Waals surface area contributed by atoms with Gasteiger partial charge in [-0.25, -0.2) is 0 Å². The van der Waals surface area contributed by atoms with Gasteiger partial charge in [-0.05, 0) is 55.4 Å². The van der Waals surface area contributed by atoms with E-state index in [0.717, 1.165) is 17.5 Å². The lowest BCUT2D eigenvalue weighted by molar-refractivity contribution is 0.421. The summed E-state index contributed by atoms with van der Waals surface area (Å²) in [4.78, 5) is 0. The highest BCUT2D eigenvalue weighted by Gasteiger charge is 2.15. The van der Waals surface area contributed by atoms with E-state index in [1.54, 1.807) is 0 Å². The van der Waals surface area contributed by atoms with Gasteiger partial charge in [-0.2, -0.15) is 11.8 Å². The molecular weight excluding hydrogens is 250 g/mol. The van der Waals surface area contributed by atoms with Gasteiger partial charge in [0.15, 0.2) is 0 Å². The van der Waals surface area contributed by atoms with Gasteiger partial charge < -0.3 is 5.32 Å². The minimum atomic E-state index is 0.546. The molecule has 17 heavy (non-hydrogen) atoms. The SMILES string of the molecule is CC(Cc1ccc(Cl)cc1)NC1CCSCC1. The van der Waals surface area contributed by atoms with Crippen LogP contribution in [0.15, 0.2) is 24.3 Å². The molecule has 1 N–H and O–H groups in total. The summed E-state index contributed by atoms with van der Waals surface area (Å²) >= 11 is 7.96. The van der Waals surface area contributed by atoms with E-state index in [2.05, 4.69) is 36.1 Å². The van der Waals surface area contributed by atoms with E-state index in [0.29, 0.717) is 6.04 Å². The summed E-state index contributed by atoms with van der Waals surface area (Å²) < 4.78 is 0. The molecule has 1 fully saturated rings. The van der Waals surface area contributed by atoms with Crippen molar-refractivity contribution < 1.29 is 0 Å². The lowest BCUT2D eigenvalue weighted by atomic mass is 10.0. The first-order valence-electron chi connectivity index (χ1n) is 6.32. The summed E-state index contributed by atoms with van der Waals surface area (Å²) in [5.74, 6) is 2.62. The van der Waals surface area contributed by atoms with Gasteiger partial charge in [-0.3, -0.25) is 0 Å². The summed E-state index contributed by atoms with van der Waals surface area (Å²) in [7, 11) is 0. The summed E-state index contributed by atoms with van der Waals surface area (Å²) in [5.41, 5.74) is 1.36. The van der Waals surface area contributed by atoms with E-state index in [1.165, 1.54) is 29.9 Å². The zero-order valence-corrected chi connectivity index (χ0v) is 11.9. The Morgan fingerprint density at radius 2 is 1.94 bits per heavy atom. The second kappa shape index (κ2) is 6.67. The van der Waals surface area contributed by atoms with Crippen molar-refractivity contribution in [3.05, 3.63) is 34.9 Å². The van der Waals surface area contributed by atoms with Crippen LogP contribution in [-0.2, 0) is 6.42 Å². The number of halogens is 1. The van der Waals surface area contributed by atoms with Crippen molar-refractivity contribution in [1.29, 1.82) is 0 Å². The van der Waals surface area contributed by atoms with Crippen molar-refractivity contribution in [2.24, 2.45) is 0 Å². The Kier molecular flexibility index (Phi) is 5.20. The van der Waals surface area contributed by atoms with Crippen LogP contribution < -0.4 is 5.32 Å². The molecule has 1 aromatic rings. The largest absolute Gasteiger partial charge is 0.311 e.